The summed E-state index contributed by atoms with van der Waals surface area (Å²) in [5, 5.41) is 3.22. The number of fused-ring (bicyclic) bond motifs is 4. The van der Waals surface area contributed by atoms with Crippen LogP contribution in [0, 0.1) is 0 Å². The molecular weight excluding hydrogens is 346 g/mol. The molecule has 0 saturated carbocycles. The van der Waals surface area contributed by atoms with Crippen molar-refractivity contribution >= 4 is 44.9 Å². The van der Waals surface area contributed by atoms with Crippen molar-refractivity contribution in [2.24, 2.45) is 0 Å². The van der Waals surface area contributed by atoms with Gasteiger partial charge in [-0.1, -0.05) is 42.5 Å². The van der Waals surface area contributed by atoms with Crippen LogP contribution < -0.4 is 4.74 Å². The summed E-state index contributed by atoms with van der Waals surface area (Å²) in [7, 11) is 1.66. The van der Waals surface area contributed by atoms with Crippen LogP contribution in [0.2, 0.25) is 0 Å². The van der Waals surface area contributed by atoms with Gasteiger partial charge in [0.1, 0.15) is 11.3 Å². The summed E-state index contributed by atoms with van der Waals surface area (Å²) in [5.74, 6) is 0.772. The Morgan fingerprint density at radius 2 is 1.25 bits per heavy atom. The molecule has 0 N–H and O–H groups in total. The van der Waals surface area contributed by atoms with E-state index in [0.29, 0.717) is 0 Å². The van der Waals surface area contributed by atoms with Gasteiger partial charge in [0.15, 0.2) is 0 Å². The SMILES string of the molecule is COc1cccc2ccc(/C=C/c3ccc4ccc5cccnc5c4n3)nc12. The molecule has 5 aromatic rings. The molecular formula is C24H17N3O. The third-order valence-corrected chi connectivity index (χ3v) is 4.80. The summed E-state index contributed by atoms with van der Waals surface area (Å²) in [4.78, 5) is 14.0. The third-order valence-electron chi connectivity index (χ3n) is 4.80. The molecule has 134 valence electrons. The first-order chi connectivity index (χ1) is 13.8. The Balaban J connectivity index is 1.57. The second-order valence-corrected chi connectivity index (χ2v) is 6.55. The van der Waals surface area contributed by atoms with Crippen LogP contribution in [0.15, 0.2) is 72.9 Å². The predicted molar refractivity (Wildman–Crippen MR) is 114 cm³/mol. The maximum atomic E-state index is 5.43. The fourth-order valence-corrected chi connectivity index (χ4v) is 3.39. The zero-order valence-electron chi connectivity index (χ0n) is 15.3. The first-order valence-corrected chi connectivity index (χ1v) is 9.08. The highest BCUT2D eigenvalue weighted by Crippen LogP contribution is 2.25. The number of rotatable bonds is 3. The van der Waals surface area contributed by atoms with Crippen molar-refractivity contribution in [3.8, 4) is 5.75 Å². The molecule has 3 aromatic heterocycles. The average molecular weight is 363 g/mol. The molecule has 0 aliphatic rings. The van der Waals surface area contributed by atoms with Gasteiger partial charge in [-0.25, -0.2) is 9.97 Å². The molecule has 0 spiro atoms. The van der Waals surface area contributed by atoms with Crippen LogP contribution >= 0.6 is 0 Å². The lowest BCUT2D eigenvalue weighted by molar-refractivity contribution is 0.419. The number of pyridine rings is 3. The van der Waals surface area contributed by atoms with E-state index in [4.69, 9.17) is 14.7 Å². The molecule has 0 aliphatic heterocycles. The van der Waals surface area contributed by atoms with Crippen LogP contribution in [0.4, 0.5) is 0 Å². The second-order valence-electron chi connectivity index (χ2n) is 6.55. The van der Waals surface area contributed by atoms with Gasteiger partial charge in [0.05, 0.1) is 29.5 Å². The fourth-order valence-electron chi connectivity index (χ4n) is 3.39. The smallest absolute Gasteiger partial charge is 0.145 e. The first-order valence-electron chi connectivity index (χ1n) is 9.08. The minimum absolute atomic E-state index is 0.772. The van der Waals surface area contributed by atoms with Crippen molar-refractivity contribution in [3.05, 3.63) is 84.3 Å². The summed E-state index contributed by atoms with van der Waals surface area (Å²) in [6, 6.07) is 22.2. The Morgan fingerprint density at radius 1 is 0.643 bits per heavy atom. The van der Waals surface area contributed by atoms with Gasteiger partial charge in [-0.2, -0.15) is 0 Å². The molecule has 3 heterocycles. The van der Waals surface area contributed by atoms with Gasteiger partial charge in [-0.15, -0.1) is 0 Å². The van der Waals surface area contributed by atoms with Crippen molar-refractivity contribution in [1.29, 1.82) is 0 Å². The van der Waals surface area contributed by atoms with Crippen LogP contribution in [0.5, 0.6) is 5.75 Å². The maximum absolute atomic E-state index is 5.43. The molecule has 4 heteroatoms. The van der Waals surface area contributed by atoms with Crippen molar-refractivity contribution < 1.29 is 4.74 Å². The number of para-hydroxylation sites is 1. The Morgan fingerprint density at radius 3 is 2.00 bits per heavy atom. The van der Waals surface area contributed by atoms with E-state index in [2.05, 4.69) is 35.3 Å². The Bertz CT molecular complexity index is 1360. The van der Waals surface area contributed by atoms with Gasteiger partial charge in [-0.3, -0.25) is 4.98 Å². The highest BCUT2D eigenvalue weighted by atomic mass is 16.5. The minimum Gasteiger partial charge on any atom is -0.494 e. The van der Waals surface area contributed by atoms with Crippen molar-refractivity contribution in [1.82, 2.24) is 15.0 Å². The van der Waals surface area contributed by atoms with Crippen LogP contribution in [0.1, 0.15) is 11.4 Å². The molecule has 28 heavy (non-hydrogen) atoms. The van der Waals surface area contributed by atoms with Gasteiger partial charge in [0, 0.05) is 22.4 Å². The minimum atomic E-state index is 0.772. The molecule has 0 radical (unpaired) electrons. The summed E-state index contributed by atoms with van der Waals surface area (Å²) in [6.45, 7) is 0. The standard InChI is InChI=1S/C24H17N3O/c1-28-21-6-2-4-16-9-11-19(26-22(16)21)13-14-20-12-10-18-8-7-17-5-3-15-25-23(17)24(18)27-20/h2-15H,1H3/b14-13+. The Labute approximate surface area is 162 Å². The van der Waals surface area contributed by atoms with Crippen molar-refractivity contribution in [2.45, 2.75) is 0 Å². The van der Waals surface area contributed by atoms with Crippen LogP contribution in [0.25, 0.3) is 44.9 Å². The Kier molecular flexibility index (Phi) is 3.95. The van der Waals surface area contributed by atoms with E-state index < -0.39 is 0 Å². The maximum Gasteiger partial charge on any atom is 0.145 e. The molecule has 5 rings (SSSR count). The molecule has 2 aromatic carbocycles. The number of ether oxygens (including phenoxy) is 1. The van der Waals surface area contributed by atoms with E-state index in [-0.39, 0.29) is 0 Å². The first kappa shape index (κ1) is 16.4. The summed E-state index contributed by atoms with van der Waals surface area (Å²) in [6.07, 6.45) is 5.75. The third kappa shape index (κ3) is 2.85. The van der Waals surface area contributed by atoms with Crippen molar-refractivity contribution in [2.75, 3.05) is 7.11 Å². The lowest BCUT2D eigenvalue weighted by Crippen LogP contribution is -1.90. The summed E-state index contributed by atoms with van der Waals surface area (Å²) >= 11 is 0. The zero-order valence-corrected chi connectivity index (χ0v) is 15.3. The topological polar surface area (TPSA) is 47.9 Å². The van der Waals surface area contributed by atoms with Crippen molar-refractivity contribution in [3.63, 3.8) is 0 Å². The summed E-state index contributed by atoms with van der Waals surface area (Å²) in [5.41, 5.74) is 4.41. The fraction of sp³-hybridized carbons (Fsp3) is 0.0417. The normalized spacial score (nSPS) is 11.6. The molecule has 0 unspecified atom stereocenters. The lowest BCUT2D eigenvalue weighted by Gasteiger charge is -2.05. The number of hydrogen-bond acceptors (Lipinski definition) is 4. The molecule has 0 aliphatic carbocycles. The van der Waals surface area contributed by atoms with E-state index in [1.807, 2.05) is 48.6 Å². The Hall–Kier alpha value is -3.79. The van der Waals surface area contributed by atoms with Gasteiger partial charge in [0.25, 0.3) is 0 Å². The van der Waals surface area contributed by atoms with Gasteiger partial charge < -0.3 is 4.74 Å². The number of benzene rings is 2. The summed E-state index contributed by atoms with van der Waals surface area (Å²) < 4.78 is 5.43. The molecule has 0 saturated heterocycles. The number of aromatic nitrogens is 3. The van der Waals surface area contributed by atoms with E-state index in [0.717, 1.165) is 49.8 Å². The van der Waals surface area contributed by atoms with Crippen LogP contribution in [-0.2, 0) is 0 Å². The lowest BCUT2D eigenvalue weighted by atomic mass is 10.1. The van der Waals surface area contributed by atoms with E-state index in [9.17, 15) is 0 Å². The molecule has 0 fully saturated rings. The molecule has 0 atom stereocenters. The number of methoxy groups -OCH3 is 1. The van der Waals surface area contributed by atoms with Crippen LogP contribution in [0.3, 0.4) is 0 Å². The van der Waals surface area contributed by atoms with Gasteiger partial charge in [0.2, 0.25) is 0 Å². The van der Waals surface area contributed by atoms with Gasteiger partial charge >= 0.3 is 0 Å². The largest absolute Gasteiger partial charge is 0.494 e. The molecule has 0 amide bonds. The zero-order chi connectivity index (χ0) is 18.9. The molecule has 4 nitrogen and oxygen atoms in total. The second kappa shape index (κ2) is 6.74. The van der Waals surface area contributed by atoms with Gasteiger partial charge in [-0.05, 0) is 36.4 Å². The monoisotopic (exact) mass is 363 g/mol. The average Bonchev–Trinajstić information content (AvgIpc) is 2.77. The quantitative estimate of drug-likeness (QED) is 0.397. The van der Waals surface area contributed by atoms with Crippen LogP contribution in [-0.4, -0.2) is 22.1 Å². The molecule has 0 bridgehead atoms. The van der Waals surface area contributed by atoms with E-state index >= 15 is 0 Å². The van der Waals surface area contributed by atoms with E-state index in [1.54, 1.807) is 13.3 Å². The number of hydrogen-bond donors (Lipinski definition) is 0. The number of nitrogens with zero attached hydrogens (tertiary/aromatic N) is 3. The van der Waals surface area contributed by atoms with E-state index in [1.165, 1.54) is 0 Å². The predicted octanol–water partition coefficient (Wildman–Crippen LogP) is 5.51. The highest BCUT2D eigenvalue weighted by Gasteiger charge is 2.05. The highest BCUT2D eigenvalue weighted by molar-refractivity contribution is 6.02.